The van der Waals surface area contributed by atoms with Crippen LogP contribution >= 0.6 is 15.9 Å². The van der Waals surface area contributed by atoms with Gasteiger partial charge in [0.05, 0.1) is 5.56 Å². The van der Waals surface area contributed by atoms with Crippen LogP contribution in [0.1, 0.15) is 21.5 Å². The normalized spacial score (nSPS) is 10.2. The molecule has 0 aliphatic carbocycles. The van der Waals surface area contributed by atoms with Crippen molar-refractivity contribution in [2.24, 2.45) is 0 Å². The highest BCUT2D eigenvalue weighted by Gasteiger charge is 2.03. The van der Waals surface area contributed by atoms with Gasteiger partial charge in [0.25, 0.3) is 0 Å². The molecule has 2 aromatic carbocycles. The Morgan fingerprint density at radius 3 is 2.74 bits per heavy atom. The molecule has 0 bridgehead atoms. The van der Waals surface area contributed by atoms with E-state index in [0.717, 1.165) is 15.7 Å². The summed E-state index contributed by atoms with van der Waals surface area (Å²) in [6, 6.07) is 12.9. The first-order valence-electron chi connectivity index (χ1n) is 5.88. The molecule has 3 nitrogen and oxygen atoms in total. The van der Waals surface area contributed by atoms with Gasteiger partial charge in [-0.15, -0.1) is 0 Å². The molecule has 19 heavy (non-hydrogen) atoms. The van der Waals surface area contributed by atoms with Crippen LogP contribution in [-0.4, -0.2) is 11.1 Å². The first-order chi connectivity index (χ1) is 9.06. The van der Waals surface area contributed by atoms with Crippen molar-refractivity contribution in [3.8, 4) is 0 Å². The average Bonchev–Trinajstić information content (AvgIpc) is 2.40. The number of halogens is 1. The van der Waals surface area contributed by atoms with Crippen molar-refractivity contribution in [2.45, 2.75) is 13.5 Å². The van der Waals surface area contributed by atoms with E-state index in [1.54, 1.807) is 18.2 Å². The van der Waals surface area contributed by atoms with Crippen LogP contribution in [0, 0.1) is 6.92 Å². The van der Waals surface area contributed by atoms with Crippen molar-refractivity contribution in [2.75, 3.05) is 5.32 Å². The number of anilines is 1. The fraction of sp³-hybridized carbons (Fsp3) is 0.133. The molecule has 2 aromatic rings. The minimum Gasteiger partial charge on any atom is -0.478 e. The van der Waals surface area contributed by atoms with Gasteiger partial charge in [-0.1, -0.05) is 34.1 Å². The van der Waals surface area contributed by atoms with Crippen molar-refractivity contribution in [3.05, 3.63) is 63.6 Å². The van der Waals surface area contributed by atoms with Gasteiger partial charge in [0, 0.05) is 16.7 Å². The minimum absolute atomic E-state index is 0.289. The zero-order chi connectivity index (χ0) is 13.8. The number of hydrogen-bond acceptors (Lipinski definition) is 2. The molecular weight excluding hydrogens is 306 g/mol. The number of carboxylic acid groups (broad SMARTS) is 1. The lowest BCUT2D eigenvalue weighted by atomic mass is 10.1. The van der Waals surface area contributed by atoms with Gasteiger partial charge in [0.1, 0.15) is 0 Å². The monoisotopic (exact) mass is 319 g/mol. The summed E-state index contributed by atoms with van der Waals surface area (Å²) in [5.74, 6) is -0.914. The molecule has 0 saturated heterocycles. The van der Waals surface area contributed by atoms with Crippen molar-refractivity contribution >= 4 is 27.6 Å². The molecular formula is C15H14BrNO2. The SMILES string of the molecule is Cc1cc(CNc2cccc(C(=O)O)c2)ccc1Br. The number of aromatic carboxylic acids is 1. The Kier molecular flexibility index (Phi) is 4.22. The maximum absolute atomic E-state index is 10.9. The van der Waals surface area contributed by atoms with E-state index < -0.39 is 5.97 Å². The van der Waals surface area contributed by atoms with Gasteiger partial charge in [-0.2, -0.15) is 0 Å². The van der Waals surface area contributed by atoms with E-state index >= 15 is 0 Å². The predicted molar refractivity (Wildman–Crippen MR) is 79.6 cm³/mol. The van der Waals surface area contributed by atoms with Crippen LogP contribution in [0.15, 0.2) is 46.9 Å². The molecule has 2 N–H and O–H groups in total. The summed E-state index contributed by atoms with van der Waals surface area (Å²) in [4.78, 5) is 10.9. The van der Waals surface area contributed by atoms with Gasteiger partial charge >= 0.3 is 5.97 Å². The Balaban J connectivity index is 2.07. The standard InChI is InChI=1S/C15H14BrNO2/c1-10-7-11(5-6-14(10)16)9-17-13-4-2-3-12(8-13)15(18)19/h2-8,17H,9H2,1H3,(H,18,19). The third kappa shape index (κ3) is 3.58. The fourth-order valence-corrected chi connectivity index (χ4v) is 2.03. The zero-order valence-corrected chi connectivity index (χ0v) is 12.1. The van der Waals surface area contributed by atoms with E-state index in [1.165, 1.54) is 5.56 Å². The Hall–Kier alpha value is -1.81. The Morgan fingerprint density at radius 1 is 1.26 bits per heavy atom. The summed E-state index contributed by atoms with van der Waals surface area (Å²) in [6.45, 7) is 2.70. The van der Waals surface area contributed by atoms with Gasteiger partial charge in [-0.05, 0) is 42.3 Å². The summed E-state index contributed by atoms with van der Waals surface area (Å²) in [5, 5.41) is 12.2. The summed E-state index contributed by atoms with van der Waals surface area (Å²) in [6.07, 6.45) is 0. The molecule has 0 aromatic heterocycles. The smallest absolute Gasteiger partial charge is 0.335 e. The molecule has 0 spiro atoms. The first kappa shape index (κ1) is 13.6. The topological polar surface area (TPSA) is 49.3 Å². The summed E-state index contributed by atoms with van der Waals surface area (Å²) >= 11 is 3.47. The molecule has 0 aliphatic heterocycles. The third-order valence-electron chi connectivity index (χ3n) is 2.83. The molecule has 0 heterocycles. The van der Waals surface area contributed by atoms with Crippen molar-refractivity contribution in [1.29, 1.82) is 0 Å². The highest BCUT2D eigenvalue weighted by Crippen LogP contribution is 2.18. The Bertz CT molecular complexity index is 611. The van der Waals surface area contributed by atoms with E-state index in [2.05, 4.69) is 27.3 Å². The maximum Gasteiger partial charge on any atom is 0.335 e. The third-order valence-corrected chi connectivity index (χ3v) is 3.72. The molecule has 0 fully saturated rings. The van der Waals surface area contributed by atoms with Gasteiger partial charge in [-0.3, -0.25) is 0 Å². The van der Waals surface area contributed by atoms with E-state index in [1.807, 2.05) is 25.1 Å². The lowest BCUT2D eigenvalue weighted by Crippen LogP contribution is -2.02. The van der Waals surface area contributed by atoms with Crippen molar-refractivity contribution in [1.82, 2.24) is 0 Å². The number of aryl methyl sites for hydroxylation is 1. The fourth-order valence-electron chi connectivity index (χ4n) is 1.78. The second-order valence-corrected chi connectivity index (χ2v) is 5.18. The molecule has 98 valence electrons. The van der Waals surface area contributed by atoms with Crippen LogP contribution in [0.2, 0.25) is 0 Å². The molecule has 0 saturated carbocycles. The van der Waals surface area contributed by atoms with Crippen LogP contribution in [-0.2, 0) is 6.54 Å². The number of carboxylic acids is 1. The first-order valence-corrected chi connectivity index (χ1v) is 6.68. The molecule has 0 radical (unpaired) electrons. The minimum atomic E-state index is -0.914. The summed E-state index contributed by atoms with van der Waals surface area (Å²) in [7, 11) is 0. The van der Waals surface area contributed by atoms with E-state index in [0.29, 0.717) is 6.54 Å². The largest absolute Gasteiger partial charge is 0.478 e. The summed E-state index contributed by atoms with van der Waals surface area (Å²) in [5.41, 5.74) is 3.43. The number of carbonyl (C=O) groups is 1. The quantitative estimate of drug-likeness (QED) is 0.893. The Morgan fingerprint density at radius 2 is 2.05 bits per heavy atom. The average molecular weight is 320 g/mol. The van der Waals surface area contributed by atoms with E-state index in [-0.39, 0.29) is 5.56 Å². The van der Waals surface area contributed by atoms with Crippen LogP contribution in [0.4, 0.5) is 5.69 Å². The highest BCUT2D eigenvalue weighted by molar-refractivity contribution is 9.10. The molecule has 0 atom stereocenters. The van der Waals surface area contributed by atoms with E-state index in [4.69, 9.17) is 5.11 Å². The van der Waals surface area contributed by atoms with Gasteiger partial charge in [-0.25, -0.2) is 4.79 Å². The molecule has 0 unspecified atom stereocenters. The van der Waals surface area contributed by atoms with Crippen molar-refractivity contribution in [3.63, 3.8) is 0 Å². The lowest BCUT2D eigenvalue weighted by molar-refractivity contribution is 0.0697. The van der Waals surface area contributed by atoms with Gasteiger partial charge in [0.2, 0.25) is 0 Å². The lowest BCUT2D eigenvalue weighted by Gasteiger charge is -2.08. The molecule has 0 amide bonds. The zero-order valence-electron chi connectivity index (χ0n) is 10.5. The van der Waals surface area contributed by atoms with Crippen LogP contribution < -0.4 is 5.32 Å². The van der Waals surface area contributed by atoms with Crippen molar-refractivity contribution < 1.29 is 9.90 Å². The number of nitrogens with one attached hydrogen (secondary N) is 1. The van der Waals surface area contributed by atoms with Gasteiger partial charge < -0.3 is 10.4 Å². The van der Waals surface area contributed by atoms with Gasteiger partial charge in [0.15, 0.2) is 0 Å². The molecule has 0 aliphatic rings. The second kappa shape index (κ2) is 5.89. The number of benzene rings is 2. The van der Waals surface area contributed by atoms with E-state index in [9.17, 15) is 4.79 Å². The van der Waals surface area contributed by atoms with Crippen LogP contribution in [0.25, 0.3) is 0 Å². The number of hydrogen-bond donors (Lipinski definition) is 2. The Labute approximate surface area is 120 Å². The second-order valence-electron chi connectivity index (χ2n) is 4.32. The maximum atomic E-state index is 10.9. The molecule has 4 heteroatoms. The predicted octanol–water partition coefficient (Wildman–Crippen LogP) is 4.07. The number of rotatable bonds is 4. The summed E-state index contributed by atoms with van der Waals surface area (Å²) < 4.78 is 1.09. The highest BCUT2D eigenvalue weighted by atomic mass is 79.9. The van der Waals surface area contributed by atoms with Crippen LogP contribution in [0.3, 0.4) is 0 Å². The molecule has 2 rings (SSSR count). The van der Waals surface area contributed by atoms with Crippen LogP contribution in [0.5, 0.6) is 0 Å².